The zero-order valence-corrected chi connectivity index (χ0v) is 16.5. The van der Waals surface area contributed by atoms with E-state index in [0.29, 0.717) is 24.9 Å². The van der Waals surface area contributed by atoms with Gasteiger partial charge in [0.05, 0.1) is 18.5 Å². The lowest BCUT2D eigenvalue weighted by molar-refractivity contribution is -0.144. The number of carbonyl (C=O) groups excluding carboxylic acids is 1. The molecule has 3 fully saturated rings. The second-order valence-electron chi connectivity index (χ2n) is 9.74. The van der Waals surface area contributed by atoms with Gasteiger partial charge in [0, 0.05) is 18.8 Å². The Bertz CT molecular complexity index is 776. The summed E-state index contributed by atoms with van der Waals surface area (Å²) in [5.41, 5.74) is 2.96. The van der Waals surface area contributed by atoms with E-state index < -0.39 is 0 Å². The van der Waals surface area contributed by atoms with Crippen LogP contribution in [0.15, 0.2) is 24.7 Å². The maximum Gasteiger partial charge on any atom is 0.305 e. The molecule has 0 radical (unpaired) electrons. The Hall–Kier alpha value is -1.71. The minimum absolute atomic E-state index is 0.00953. The molecule has 0 N–H and O–H groups in total. The van der Waals surface area contributed by atoms with Crippen LogP contribution in [-0.4, -0.2) is 22.5 Å². The molecule has 1 aliphatic heterocycles. The van der Waals surface area contributed by atoms with E-state index >= 15 is 0 Å². The molecule has 1 aromatic rings. The molecule has 0 aromatic carbocycles. The van der Waals surface area contributed by atoms with Gasteiger partial charge in [-0.25, -0.2) is 0 Å². The molecule has 2 heterocycles. The molecular formula is C23H30N2O2. The summed E-state index contributed by atoms with van der Waals surface area (Å²) in [5, 5.41) is 0. The molecule has 2 saturated carbocycles. The summed E-state index contributed by atoms with van der Waals surface area (Å²) in [6, 6.07) is 0. The predicted molar refractivity (Wildman–Crippen MR) is 103 cm³/mol. The second kappa shape index (κ2) is 6.15. The highest BCUT2D eigenvalue weighted by Gasteiger charge is 2.58. The number of hydrogen-bond donors (Lipinski definition) is 0. The molecule has 27 heavy (non-hydrogen) atoms. The van der Waals surface area contributed by atoms with Gasteiger partial charge < -0.3 is 4.74 Å². The molecule has 6 atom stereocenters. The number of carbonyl (C=O) groups is 1. The van der Waals surface area contributed by atoms with Gasteiger partial charge in [0.15, 0.2) is 0 Å². The second-order valence-corrected chi connectivity index (χ2v) is 9.74. The lowest BCUT2D eigenvalue weighted by Gasteiger charge is -2.58. The fraction of sp³-hybridized carbons (Fsp3) is 0.696. The van der Waals surface area contributed by atoms with E-state index in [1.165, 1.54) is 37.7 Å². The van der Waals surface area contributed by atoms with Crippen LogP contribution in [0.25, 0.3) is 5.57 Å². The molecule has 5 rings (SSSR count). The van der Waals surface area contributed by atoms with Crippen LogP contribution >= 0.6 is 0 Å². The van der Waals surface area contributed by atoms with Gasteiger partial charge in [0.1, 0.15) is 0 Å². The fourth-order valence-electron chi connectivity index (χ4n) is 7.24. The largest absolute Gasteiger partial charge is 0.465 e. The van der Waals surface area contributed by atoms with Gasteiger partial charge in [0.25, 0.3) is 0 Å². The molecule has 144 valence electrons. The Morgan fingerprint density at radius 3 is 2.81 bits per heavy atom. The Morgan fingerprint density at radius 2 is 2.00 bits per heavy atom. The zero-order valence-electron chi connectivity index (χ0n) is 16.5. The molecule has 4 aliphatic rings. The van der Waals surface area contributed by atoms with E-state index in [1.54, 1.807) is 6.20 Å². The minimum Gasteiger partial charge on any atom is -0.465 e. The van der Waals surface area contributed by atoms with Gasteiger partial charge in [-0.15, -0.1) is 0 Å². The first-order valence-corrected chi connectivity index (χ1v) is 10.6. The average molecular weight is 367 g/mol. The van der Waals surface area contributed by atoms with Gasteiger partial charge in [-0.3, -0.25) is 14.8 Å². The van der Waals surface area contributed by atoms with Crippen molar-refractivity contribution in [3.05, 3.63) is 30.4 Å². The lowest BCUT2D eigenvalue weighted by Crippen LogP contribution is -2.51. The molecule has 4 heteroatoms. The van der Waals surface area contributed by atoms with Crippen LogP contribution in [0.5, 0.6) is 0 Å². The predicted octanol–water partition coefficient (Wildman–Crippen LogP) is 4.67. The van der Waals surface area contributed by atoms with Gasteiger partial charge in [-0.1, -0.05) is 19.9 Å². The number of aromatic nitrogens is 2. The quantitative estimate of drug-likeness (QED) is 0.678. The van der Waals surface area contributed by atoms with Crippen molar-refractivity contribution >= 4 is 11.5 Å². The number of esters is 1. The number of nitrogens with zero attached hydrogens (tertiary/aromatic N) is 2. The molecule has 4 nitrogen and oxygen atoms in total. The Morgan fingerprint density at radius 1 is 1.11 bits per heavy atom. The van der Waals surface area contributed by atoms with E-state index in [0.717, 1.165) is 24.0 Å². The van der Waals surface area contributed by atoms with Crippen LogP contribution in [0.1, 0.15) is 64.5 Å². The Kier molecular flexibility index (Phi) is 3.96. The SMILES string of the molecule is C[C@]12CCC(=O)OCC1CC[C@@H]1C2CC[C@]2(C)C(c3cnccn3)=CCC12. The molecule has 1 saturated heterocycles. The van der Waals surface area contributed by atoms with E-state index in [2.05, 4.69) is 29.9 Å². The first-order valence-electron chi connectivity index (χ1n) is 10.6. The number of fused-ring (bicyclic) bond motifs is 5. The van der Waals surface area contributed by atoms with E-state index in [-0.39, 0.29) is 16.8 Å². The number of ether oxygens (including phenoxy) is 1. The summed E-state index contributed by atoms with van der Waals surface area (Å²) in [6.07, 6.45) is 15.7. The van der Waals surface area contributed by atoms with Crippen molar-refractivity contribution in [1.29, 1.82) is 0 Å². The van der Waals surface area contributed by atoms with E-state index in [9.17, 15) is 4.79 Å². The van der Waals surface area contributed by atoms with Crippen LogP contribution < -0.4 is 0 Å². The summed E-state index contributed by atoms with van der Waals surface area (Å²) < 4.78 is 5.53. The number of cyclic esters (lactones) is 1. The summed E-state index contributed by atoms with van der Waals surface area (Å²) in [4.78, 5) is 20.8. The zero-order chi connectivity index (χ0) is 18.6. The maximum atomic E-state index is 11.9. The fourth-order valence-corrected chi connectivity index (χ4v) is 7.24. The molecule has 0 amide bonds. The third kappa shape index (κ3) is 2.51. The van der Waals surface area contributed by atoms with Crippen LogP contribution in [-0.2, 0) is 9.53 Å². The molecule has 3 aliphatic carbocycles. The van der Waals surface area contributed by atoms with Crippen LogP contribution in [0, 0.1) is 34.5 Å². The van der Waals surface area contributed by atoms with Crippen molar-refractivity contribution in [2.45, 2.75) is 58.8 Å². The third-order valence-electron chi connectivity index (χ3n) is 8.80. The van der Waals surface area contributed by atoms with E-state index in [1.807, 2.05) is 12.4 Å². The first kappa shape index (κ1) is 17.4. The Labute approximate surface area is 161 Å². The number of allylic oxidation sites excluding steroid dienone is 2. The monoisotopic (exact) mass is 366 g/mol. The van der Waals surface area contributed by atoms with Crippen molar-refractivity contribution in [2.24, 2.45) is 34.5 Å². The van der Waals surface area contributed by atoms with Gasteiger partial charge >= 0.3 is 5.97 Å². The standard InChI is InChI=1S/C23H30N2O2/c1-22-10-8-21(26)27-14-15(22)3-4-16-17-5-6-19(20-13-24-11-12-25-20)23(17,2)9-7-18(16)22/h6,11-13,15-18H,3-5,7-10,14H2,1-2H3/t15?,16-,17?,18?,22-,23-/m0/s1. The van der Waals surface area contributed by atoms with Crippen LogP contribution in [0.3, 0.4) is 0 Å². The highest BCUT2D eigenvalue weighted by Crippen LogP contribution is 2.66. The van der Waals surface area contributed by atoms with Crippen LogP contribution in [0.4, 0.5) is 0 Å². The topological polar surface area (TPSA) is 52.1 Å². The summed E-state index contributed by atoms with van der Waals surface area (Å²) in [7, 11) is 0. The molecule has 0 bridgehead atoms. The Balaban J connectivity index is 1.45. The molecule has 1 aromatic heterocycles. The highest BCUT2D eigenvalue weighted by atomic mass is 16.5. The molecular weight excluding hydrogens is 336 g/mol. The van der Waals surface area contributed by atoms with Crippen molar-refractivity contribution < 1.29 is 9.53 Å². The van der Waals surface area contributed by atoms with Gasteiger partial charge in [-0.05, 0) is 78.6 Å². The van der Waals surface area contributed by atoms with Crippen molar-refractivity contribution in [3.8, 4) is 0 Å². The van der Waals surface area contributed by atoms with E-state index in [4.69, 9.17) is 4.74 Å². The average Bonchev–Trinajstić information content (AvgIpc) is 2.95. The van der Waals surface area contributed by atoms with Gasteiger partial charge in [-0.2, -0.15) is 0 Å². The van der Waals surface area contributed by atoms with Crippen molar-refractivity contribution in [1.82, 2.24) is 9.97 Å². The number of hydrogen-bond acceptors (Lipinski definition) is 4. The van der Waals surface area contributed by atoms with Gasteiger partial charge in [0.2, 0.25) is 0 Å². The third-order valence-corrected chi connectivity index (χ3v) is 8.80. The summed E-state index contributed by atoms with van der Waals surface area (Å²) in [6.45, 7) is 5.57. The summed E-state index contributed by atoms with van der Waals surface area (Å²) in [5.74, 6) is 2.73. The smallest absolute Gasteiger partial charge is 0.305 e. The van der Waals surface area contributed by atoms with Crippen LogP contribution in [0.2, 0.25) is 0 Å². The number of rotatable bonds is 1. The maximum absolute atomic E-state index is 11.9. The molecule has 0 spiro atoms. The minimum atomic E-state index is 0.00953. The normalized spacial score (nSPS) is 43.6. The summed E-state index contributed by atoms with van der Waals surface area (Å²) >= 11 is 0. The molecule has 3 unspecified atom stereocenters. The van der Waals surface area contributed by atoms with Crippen molar-refractivity contribution in [3.63, 3.8) is 0 Å². The highest BCUT2D eigenvalue weighted by molar-refractivity contribution is 5.70. The van der Waals surface area contributed by atoms with Crippen molar-refractivity contribution in [2.75, 3.05) is 6.61 Å². The lowest BCUT2D eigenvalue weighted by atomic mass is 9.46. The first-order chi connectivity index (χ1) is 13.0.